The van der Waals surface area contributed by atoms with Crippen LogP contribution in [0.2, 0.25) is 0 Å². The van der Waals surface area contributed by atoms with Crippen LogP contribution in [0.3, 0.4) is 0 Å². The molecule has 0 saturated carbocycles. The molecule has 0 unspecified atom stereocenters. The summed E-state index contributed by atoms with van der Waals surface area (Å²) < 4.78 is 4.69. The third kappa shape index (κ3) is 3.72. The van der Waals surface area contributed by atoms with Gasteiger partial charge < -0.3 is 10.1 Å². The van der Waals surface area contributed by atoms with Crippen molar-refractivity contribution in [3.8, 4) is 0 Å². The molecule has 0 bridgehead atoms. The van der Waals surface area contributed by atoms with Crippen LogP contribution in [0.5, 0.6) is 0 Å². The lowest BCUT2D eigenvalue weighted by atomic mass is 10.0. The first-order valence-electron chi connectivity index (χ1n) is 6.42. The second kappa shape index (κ2) is 6.99. The van der Waals surface area contributed by atoms with Gasteiger partial charge in [-0.1, -0.05) is 26.7 Å². The molecular weight excluding hydrogens is 228 g/mol. The Hall–Kier alpha value is -1.58. The Kier molecular flexibility index (Phi) is 5.62. The zero-order chi connectivity index (χ0) is 13.5. The van der Waals surface area contributed by atoms with E-state index in [4.69, 9.17) is 4.74 Å². The van der Waals surface area contributed by atoms with Crippen molar-refractivity contribution in [1.29, 1.82) is 0 Å². The van der Waals surface area contributed by atoms with Crippen molar-refractivity contribution in [1.82, 2.24) is 4.98 Å². The molecule has 18 heavy (non-hydrogen) atoms. The summed E-state index contributed by atoms with van der Waals surface area (Å²) in [6.07, 6.45) is 2.31. The molecule has 4 heteroatoms. The zero-order valence-electron chi connectivity index (χ0n) is 11.6. The van der Waals surface area contributed by atoms with Crippen molar-refractivity contribution in [3.05, 3.63) is 23.4 Å². The first-order chi connectivity index (χ1) is 8.62. The summed E-state index contributed by atoms with van der Waals surface area (Å²) in [6, 6.07) is 3.57. The molecule has 0 aliphatic carbocycles. The van der Waals surface area contributed by atoms with E-state index in [-0.39, 0.29) is 5.97 Å². The molecule has 0 fully saturated rings. The molecule has 1 aromatic rings. The Balaban J connectivity index is 2.70. The highest BCUT2D eigenvalue weighted by atomic mass is 16.5. The van der Waals surface area contributed by atoms with Crippen molar-refractivity contribution in [3.63, 3.8) is 0 Å². The van der Waals surface area contributed by atoms with Crippen LogP contribution in [0.1, 0.15) is 42.7 Å². The van der Waals surface area contributed by atoms with Crippen LogP contribution in [-0.4, -0.2) is 24.6 Å². The highest BCUT2D eigenvalue weighted by Crippen LogP contribution is 2.13. The number of nitrogens with zero attached hydrogens (tertiary/aromatic N) is 1. The summed E-state index contributed by atoms with van der Waals surface area (Å²) in [5.41, 5.74) is 1.21. The van der Waals surface area contributed by atoms with Gasteiger partial charge in [-0.05, 0) is 25.0 Å². The van der Waals surface area contributed by atoms with Crippen LogP contribution >= 0.6 is 0 Å². The van der Waals surface area contributed by atoms with Crippen LogP contribution in [0.4, 0.5) is 5.82 Å². The SMILES string of the molecule is CCC(CC)CNc1ccc(C(=O)OC)c(C)n1. The summed E-state index contributed by atoms with van der Waals surface area (Å²) in [5, 5.41) is 3.31. The first kappa shape index (κ1) is 14.5. The molecule has 0 radical (unpaired) electrons. The number of carbonyl (C=O) groups is 1. The second-order valence-corrected chi connectivity index (χ2v) is 4.38. The minimum Gasteiger partial charge on any atom is -0.465 e. The molecule has 1 rings (SSSR count). The third-order valence-corrected chi connectivity index (χ3v) is 3.22. The van der Waals surface area contributed by atoms with Crippen LogP contribution in [0, 0.1) is 12.8 Å². The third-order valence-electron chi connectivity index (χ3n) is 3.22. The minimum atomic E-state index is -0.341. The lowest BCUT2D eigenvalue weighted by Gasteiger charge is -2.14. The quantitative estimate of drug-likeness (QED) is 0.788. The lowest BCUT2D eigenvalue weighted by Crippen LogP contribution is -2.14. The number of aromatic nitrogens is 1. The van der Waals surface area contributed by atoms with E-state index in [9.17, 15) is 4.79 Å². The van der Waals surface area contributed by atoms with Gasteiger partial charge in [0, 0.05) is 6.54 Å². The van der Waals surface area contributed by atoms with Crippen molar-refractivity contribution in [2.75, 3.05) is 19.0 Å². The Morgan fingerprint density at radius 1 is 1.39 bits per heavy atom. The van der Waals surface area contributed by atoms with Gasteiger partial charge in [0.15, 0.2) is 0 Å². The lowest BCUT2D eigenvalue weighted by molar-refractivity contribution is 0.0599. The van der Waals surface area contributed by atoms with E-state index in [2.05, 4.69) is 24.1 Å². The van der Waals surface area contributed by atoms with Gasteiger partial charge >= 0.3 is 5.97 Å². The summed E-state index contributed by atoms with van der Waals surface area (Å²) in [7, 11) is 1.38. The summed E-state index contributed by atoms with van der Waals surface area (Å²) in [4.78, 5) is 15.8. The number of hydrogen-bond donors (Lipinski definition) is 1. The maximum atomic E-state index is 11.4. The van der Waals surface area contributed by atoms with Gasteiger partial charge in [-0.25, -0.2) is 9.78 Å². The molecule has 0 spiro atoms. The number of aryl methyl sites for hydroxylation is 1. The van der Waals surface area contributed by atoms with E-state index in [1.165, 1.54) is 7.11 Å². The molecular formula is C14H22N2O2. The molecule has 4 nitrogen and oxygen atoms in total. The van der Waals surface area contributed by atoms with Crippen LogP contribution in [0.15, 0.2) is 12.1 Å². The van der Waals surface area contributed by atoms with Gasteiger partial charge in [-0.15, -0.1) is 0 Å². The maximum Gasteiger partial charge on any atom is 0.339 e. The van der Waals surface area contributed by atoms with E-state index in [0.717, 1.165) is 25.2 Å². The van der Waals surface area contributed by atoms with Crippen LogP contribution < -0.4 is 5.32 Å². The van der Waals surface area contributed by atoms with Crippen LogP contribution in [0.25, 0.3) is 0 Å². The molecule has 1 N–H and O–H groups in total. The maximum absolute atomic E-state index is 11.4. The van der Waals surface area contributed by atoms with E-state index in [1.54, 1.807) is 6.07 Å². The number of anilines is 1. The van der Waals surface area contributed by atoms with Gasteiger partial charge in [0.1, 0.15) is 5.82 Å². The highest BCUT2D eigenvalue weighted by Gasteiger charge is 2.11. The Morgan fingerprint density at radius 2 is 2.06 bits per heavy atom. The molecule has 100 valence electrons. The number of rotatable bonds is 6. The summed E-state index contributed by atoms with van der Waals surface area (Å²) in [5.74, 6) is 1.13. The van der Waals surface area contributed by atoms with Crippen molar-refractivity contribution < 1.29 is 9.53 Å². The van der Waals surface area contributed by atoms with Crippen molar-refractivity contribution in [2.24, 2.45) is 5.92 Å². The average molecular weight is 250 g/mol. The fourth-order valence-electron chi connectivity index (χ4n) is 1.81. The topological polar surface area (TPSA) is 51.2 Å². The number of ether oxygens (including phenoxy) is 1. The predicted molar refractivity (Wildman–Crippen MR) is 72.9 cm³/mol. The fourth-order valence-corrected chi connectivity index (χ4v) is 1.81. The normalized spacial score (nSPS) is 10.5. The second-order valence-electron chi connectivity index (χ2n) is 4.38. The molecule has 0 aliphatic heterocycles. The zero-order valence-corrected chi connectivity index (χ0v) is 11.6. The van der Waals surface area contributed by atoms with Crippen molar-refractivity contribution in [2.45, 2.75) is 33.6 Å². The number of carbonyl (C=O) groups excluding carboxylic acids is 1. The molecule has 0 aromatic carbocycles. The summed E-state index contributed by atoms with van der Waals surface area (Å²) in [6.45, 7) is 7.11. The van der Waals surface area contributed by atoms with Crippen molar-refractivity contribution >= 4 is 11.8 Å². The molecule has 0 amide bonds. The van der Waals surface area contributed by atoms with Gasteiger partial charge in [0.25, 0.3) is 0 Å². The number of methoxy groups -OCH3 is 1. The molecule has 1 heterocycles. The molecule has 0 atom stereocenters. The molecule has 0 saturated heterocycles. The van der Waals surface area contributed by atoms with E-state index in [0.29, 0.717) is 17.2 Å². The van der Waals surface area contributed by atoms with Gasteiger partial charge in [0.05, 0.1) is 18.4 Å². The largest absolute Gasteiger partial charge is 0.465 e. The number of esters is 1. The van der Waals surface area contributed by atoms with E-state index < -0.39 is 0 Å². The van der Waals surface area contributed by atoms with Gasteiger partial charge in [0.2, 0.25) is 0 Å². The Bertz CT molecular complexity index is 401. The minimum absolute atomic E-state index is 0.341. The fraction of sp³-hybridized carbons (Fsp3) is 0.571. The first-order valence-corrected chi connectivity index (χ1v) is 6.42. The Morgan fingerprint density at radius 3 is 2.56 bits per heavy atom. The van der Waals surface area contributed by atoms with Gasteiger partial charge in [-0.2, -0.15) is 0 Å². The Labute approximate surface area is 109 Å². The van der Waals surface area contributed by atoms with E-state index in [1.807, 2.05) is 13.0 Å². The van der Waals surface area contributed by atoms with Crippen LogP contribution in [-0.2, 0) is 4.74 Å². The smallest absolute Gasteiger partial charge is 0.339 e. The number of pyridine rings is 1. The molecule has 0 aliphatic rings. The average Bonchev–Trinajstić information content (AvgIpc) is 2.39. The van der Waals surface area contributed by atoms with Gasteiger partial charge in [-0.3, -0.25) is 0 Å². The van der Waals surface area contributed by atoms with E-state index >= 15 is 0 Å². The monoisotopic (exact) mass is 250 g/mol. The molecule has 1 aromatic heterocycles. The number of hydrogen-bond acceptors (Lipinski definition) is 4. The summed E-state index contributed by atoms with van der Waals surface area (Å²) >= 11 is 0. The standard InChI is InChI=1S/C14H22N2O2/c1-5-11(6-2)9-15-13-8-7-12(10(3)16-13)14(17)18-4/h7-8,11H,5-6,9H2,1-4H3,(H,15,16). The highest BCUT2D eigenvalue weighted by molar-refractivity contribution is 5.90. The number of nitrogens with one attached hydrogen (secondary N) is 1. The predicted octanol–water partition coefficient (Wildman–Crippen LogP) is 3.02.